The molecule has 2 amide bonds. The molecule has 3 aromatic rings. The summed E-state index contributed by atoms with van der Waals surface area (Å²) in [5.41, 5.74) is 4.19. The Bertz CT molecular complexity index is 1620. The number of benzene rings is 2. The third-order valence-corrected chi connectivity index (χ3v) is 6.94. The van der Waals surface area contributed by atoms with Crippen LogP contribution in [0, 0.1) is 0 Å². The van der Waals surface area contributed by atoms with Gasteiger partial charge in [-0.25, -0.2) is 9.59 Å². The number of methoxy groups -OCH3 is 1. The van der Waals surface area contributed by atoms with E-state index in [0.717, 1.165) is 5.57 Å². The number of amides is 2. The first-order valence-electron chi connectivity index (χ1n) is 13.3. The van der Waals surface area contributed by atoms with E-state index < -0.39 is 59.3 Å². The minimum Gasteiger partial charge on any atom is -0.508 e. The molecule has 230 valence electrons. The highest BCUT2D eigenvalue weighted by molar-refractivity contribution is 6.06. The molecule has 0 radical (unpaired) electrons. The lowest BCUT2D eigenvalue weighted by Crippen LogP contribution is -2.65. The number of carbonyl (C=O) groups excluding carboxylic acids is 2. The van der Waals surface area contributed by atoms with Crippen molar-refractivity contribution in [2.45, 2.75) is 64.3 Å². The van der Waals surface area contributed by atoms with Crippen LogP contribution in [-0.4, -0.2) is 64.6 Å². The van der Waals surface area contributed by atoms with Gasteiger partial charge in [0.1, 0.15) is 23.2 Å². The second-order valence-electron chi connectivity index (χ2n) is 10.8. The second kappa shape index (κ2) is 12.3. The molecule has 0 bridgehead atoms. The van der Waals surface area contributed by atoms with Crippen LogP contribution in [0.15, 0.2) is 57.3 Å². The van der Waals surface area contributed by atoms with Crippen LogP contribution in [0.4, 0.5) is 10.5 Å². The Morgan fingerprint density at radius 1 is 1.14 bits per heavy atom. The molecule has 0 saturated carbocycles. The van der Waals surface area contributed by atoms with Crippen molar-refractivity contribution in [2.24, 2.45) is 5.73 Å². The van der Waals surface area contributed by atoms with Gasteiger partial charge in [-0.15, -0.1) is 0 Å². The van der Waals surface area contributed by atoms with E-state index in [9.17, 15) is 29.7 Å². The molecule has 6 N–H and O–H groups in total. The molecule has 0 spiro atoms. The Labute approximate surface area is 246 Å². The number of allylic oxidation sites excluding steroid dienone is 2. The summed E-state index contributed by atoms with van der Waals surface area (Å²) in [6.07, 6.45) is -3.79. The van der Waals surface area contributed by atoms with Crippen LogP contribution < -0.4 is 21.4 Å². The molecule has 1 saturated heterocycles. The number of hydrogen-bond acceptors (Lipinski definition) is 11. The van der Waals surface area contributed by atoms with Gasteiger partial charge in [0.2, 0.25) is 6.29 Å². The number of phenolic OH excluding ortho intramolecular Hbond substituents is 1. The average Bonchev–Trinajstić information content (AvgIpc) is 2.92. The number of aliphatic hydroxyl groups is 1. The first kappa shape index (κ1) is 31.3. The number of carbonyl (C=O) groups is 2. The minimum atomic E-state index is -1.51. The molecule has 0 unspecified atom stereocenters. The van der Waals surface area contributed by atoms with Crippen LogP contribution in [0.2, 0.25) is 0 Å². The van der Waals surface area contributed by atoms with Gasteiger partial charge in [-0.2, -0.15) is 0 Å². The molecule has 0 aliphatic carbocycles. The number of fused-ring (bicyclic) bond motifs is 1. The topological polar surface area (TPSA) is 200 Å². The monoisotopic (exact) mass is 598 g/mol. The van der Waals surface area contributed by atoms with E-state index in [4.69, 9.17) is 29.1 Å². The summed E-state index contributed by atoms with van der Waals surface area (Å²) in [5.74, 6) is -1.14. The zero-order chi connectivity index (χ0) is 31.6. The van der Waals surface area contributed by atoms with Gasteiger partial charge in [0.05, 0.1) is 11.0 Å². The number of anilines is 1. The summed E-state index contributed by atoms with van der Waals surface area (Å²) in [4.78, 5) is 37.2. The van der Waals surface area contributed by atoms with E-state index in [-0.39, 0.29) is 28.0 Å². The highest BCUT2D eigenvalue weighted by Gasteiger charge is 2.53. The zero-order valence-electron chi connectivity index (χ0n) is 24.2. The fourth-order valence-corrected chi connectivity index (χ4v) is 4.82. The number of primary amides is 1. The predicted octanol–water partition coefficient (Wildman–Crippen LogP) is 3.32. The lowest BCUT2D eigenvalue weighted by molar-refractivity contribution is -0.304. The predicted molar refractivity (Wildman–Crippen MR) is 154 cm³/mol. The van der Waals surface area contributed by atoms with Gasteiger partial charge in [-0.1, -0.05) is 11.6 Å². The summed E-state index contributed by atoms with van der Waals surface area (Å²) in [6, 6.07) is 8.33. The van der Waals surface area contributed by atoms with Gasteiger partial charge in [-0.05, 0) is 70.0 Å². The summed E-state index contributed by atoms with van der Waals surface area (Å²) < 4.78 is 27.5. The molecular formula is C30H34N2O11. The molecule has 1 fully saturated rings. The van der Waals surface area contributed by atoms with Gasteiger partial charge in [0.25, 0.3) is 5.91 Å². The molecule has 13 heteroatoms. The standard InChI is InChI=1S/C30H34N2O11/c1-14(2)6-7-15-12-16(8-11-19(15)33)26(36)32-21-22(34)18-10-9-17(13-20(18)41-27(21)37)40-28-23(35)24(42-29(31)38)25(39-5)30(3,4)43-28/h6,8-13,23-25,28,33-35H,7H2,1-5H3,(H2,31,38)(H,32,36)/t23-,24-,25+,28+/m0/s1. The maximum Gasteiger partial charge on any atom is 0.404 e. The highest BCUT2D eigenvalue weighted by Crippen LogP contribution is 2.36. The van der Waals surface area contributed by atoms with Crippen LogP contribution in [0.25, 0.3) is 11.0 Å². The Morgan fingerprint density at radius 3 is 2.51 bits per heavy atom. The average molecular weight is 599 g/mol. The van der Waals surface area contributed by atoms with E-state index in [1.807, 2.05) is 19.9 Å². The largest absolute Gasteiger partial charge is 0.508 e. The van der Waals surface area contributed by atoms with Crippen LogP contribution in [-0.2, 0) is 20.6 Å². The van der Waals surface area contributed by atoms with Crippen LogP contribution in [0.5, 0.6) is 17.2 Å². The molecular weight excluding hydrogens is 564 g/mol. The van der Waals surface area contributed by atoms with Gasteiger partial charge in [-0.3, -0.25) is 4.79 Å². The number of nitrogens with one attached hydrogen (secondary N) is 1. The molecule has 2 aromatic carbocycles. The van der Waals surface area contributed by atoms with E-state index in [1.165, 1.54) is 43.5 Å². The summed E-state index contributed by atoms with van der Waals surface area (Å²) in [7, 11) is 1.36. The maximum atomic E-state index is 12.9. The second-order valence-corrected chi connectivity index (χ2v) is 10.8. The summed E-state index contributed by atoms with van der Waals surface area (Å²) in [6.45, 7) is 7.12. The molecule has 1 aromatic heterocycles. The van der Waals surface area contributed by atoms with E-state index in [2.05, 4.69) is 5.32 Å². The van der Waals surface area contributed by atoms with E-state index >= 15 is 0 Å². The molecule has 4 atom stereocenters. The normalized spacial score (nSPS) is 21.2. The maximum absolute atomic E-state index is 12.9. The van der Waals surface area contributed by atoms with Crippen molar-refractivity contribution < 1.29 is 48.3 Å². The first-order valence-corrected chi connectivity index (χ1v) is 13.3. The van der Waals surface area contributed by atoms with Gasteiger partial charge >= 0.3 is 11.7 Å². The number of aromatic hydroxyl groups is 2. The SMILES string of the molecule is CO[C@@H]1[C@@H](OC(N)=O)[C@H](O)[C@H](Oc2ccc3c(O)c(NC(=O)c4ccc(O)c(CC=C(C)C)c4)c(=O)oc3c2)OC1(C)C. The van der Waals surface area contributed by atoms with Crippen molar-refractivity contribution in [3.8, 4) is 17.2 Å². The van der Waals surface area contributed by atoms with Crippen molar-refractivity contribution in [1.29, 1.82) is 0 Å². The third-order valence-electron chi connectivity index (χ3n) is 6.94. The number of hydrogen-bond donors (Lipinski definition) is 5. The minimum absolute atomic E-state index is 0.0179. The quantitative estimate of drug-likeness (QED) is 0.188. The lowest BCUT2D eigenvalue weighted by atomic mass is 9.89. The van der Waals surface area contributed by atoms with Crippen molar-refractivity contribution in [1.82, 2.24) is 0 Å². The van der Waals surface area contributed by atoms with Crippen molar-refractivity contribution in [2.75, 3.05) is 12.4 Å². The van der Waals surface area contributed by atoms with Gasteiger partial charge in [0.15, 0.2) is 23.6 Å². The highest BCUT2D eigenvalue weighted by atomic mass is 16.7. The van der Waals surface area contributed by atoms with Crippen molar-refractivity contribution in [3.05, 3.63) is 69.6 Å². The van der Waals surface area contributed by atoms with Crippen molar-refractivity contribution >= 4 is 28.7 Å². The fourth-order valence-electron chi connectivity index (χ4n) is 4.82. The Kier molecular flexibility index (Phi) is 8.99. The molecule has 1 aliphatic rings. The molecule has 1 aliphatic heterocycles. The number of rotatable bonds is 8. The Morgan fingerprint density at radius 2 is 1.86 bits per heavy atom. The van der Waals surface area contributed by atoms with Crippen LogP contribution in [0.3, 0.4) is 0 Å². The van der Waals surface area contributed by atoms with Crippen LogP contribution in [0.1, 0.15) is 43.6 Å². The fraction of sp³-hybridized carbons (Fsp3) is 0.367. The molecule has 43 heavy (non-hydrogen) atoms. The third kappa shape index (κ3) is 6.74. The summed E-state index contributed by atoms with van der Waals surface area (Å²) >= 11 is 0. The molecule has 2 heterocycles. The molecule has 13 nitrogen and oxygen atoms in total. The number of nitrogens with two attached hydrogens (primary N) is 1. The lowest BCUT2D eigenvalue weighted by Gasteiger charge is -2.47. The number of aliphatic hydroxyl groups excluding tert-OH is 1. The van der Waals surface area contributed by atoms with Gasteiger partial charge in [0, 0.05) is 18.7 Å². The van der Waals surface area contributed by atoms with Crippen molar-refractivity contribution in [3.63, 3.8) is 0 Å². The van der Waals surface area contributed by atoms with Crippen LogP contribution >= 0.6 is 0 Å². The summed E-state index contributed by atoms with van der Waals surface area (Å²) in [5, 5.41) is 34.3. The Balaban J connectivity index is 1.58. The van der Waals surface area contributed by atoms with E-state index in [0.29, 0.717) is 12.0 Å². The molecule has 4 rings (SSSR count). The first-order chi connectivity index (χ1) is 20.2. The number of ether oxygens (including phenoxy) is 4. The number of phenols is 1. The van der Waals surface area contributed by atoms with Gasteiger partial charge < -0.3 is 49.7 Å². The zero-order valence-corrected chi connectivity index (χ0v) is 24.2. The van der Waals surface area contributed by atoms with E-state index in [1.54, 1.807) is 13.8 Å². The Hall–Kier alpha value is -4.59. The smallest absolute Gasteiger partial charge is 0.404 e.